The summed E-state index contributed by atoms with van der Waals surface area (Å²) in [7, 11) is 0. The van der Waals surface area contributed by atoms with Crippen molar-refractivity contribution in [2.24, 2.45) is 0 Å². The molecule has 21 heavy (non-hydrogen) atoms. The van der Waals surface area contributed by atoms with Crippen molar-refractivity contribution in [3.05, 3.63) is 18.0 Å². The predicted molar refractivity (Wildman–Crippen MR) is 80.9 cm³/mol. The number of aryl methyl sites for hydroxylation is 1. The lowest BCUT2D eigenvalue weighted by molar-refractivity contribution is 0.0465. The Labute approximate surface area is 126 Å². The highest BCUT2D eigenvalue weighted by Crippen LogP contribution is 2.21. The van der Waals surface area contributed by atoms with Gasteiger partial charge in [0.05, 0.1) is 6.20 Å². The highest BCUT2D eigenvalue weighted by Gasteiger charge is 2.31. The van der Waals surface area contributed by atoms with E-state index < -0.39 is 5.60 Å². The molecule has 0 aliphatic heterocycles. The Kier molecular flexibility index (Phi) is 4.88. The lowest BCUT2D eigenvalue weighted by Crippen LogP contribution is -2.52. The van der Waals surface area contributed by atoms with E-state index in [0.29, 0.717) is 6.04 Å². The molecule has 2 rings (SSSR count). The van der Waals surface area contributed by atoms with E-state index in [1.807, 2.05) is 31.6 Å². The Morgan fingerprint density at radius 3 is 2.71 bits per heavy atom. The molecule has 1 aromatic heterocycles. The van der Waals surface area contributed by atoms with E-state index >= 15 is 0 Å². The van der Waals surface area contributed by atoms with Gasteiger partial charge in [0, 0.05) is 36.9 Å². The van der Waals surface area contributed by atoms with Gasteiger partial charge in [0.25, 0.3) is 0 Å². The number of nitrogens with zero attached hydrogens (tertiary/aromatic N) is 2. The molecule has 6 nitrogen and oxygen atoms in total. The molecule has 1 aliphatic rings. The fourth-order valence-corrected chi connectivity index (χ4v) is 2.31. The predicted octanol–water partition coefficient (Wildman–Crippen LogP) is 2.05. The van der Waals surface area contributed by atoms with Crippen molar-refractivity contribution in [3.63, 3.8) is 0 Å². The van der Waals surface area contributed by atoms with Crippen LogP contribution in [-0.2, 0) is 17.8 Å². The maximum atomic E-state index is 11.6. The van der Waals surface area contributed by atoms with Crippen molar-refractivity contribution >= 4 is 6.09 Å². The van der Waals surface area contributed by atoms with E-state index in [4.69, 9.17) is 4.74 Å². The number of alkyl carbamates (subject to hydrolysis) is 1. The largest absolute Gasteiger partial charge is 0.444 e. The lowest BCUT2D eigenvalue weighted by Gasteiger charge is -2.36. The van der Waals surface area contributed by atoms with Crippen molar-refractivity contribution in [1.82, 2.24) is 20.4 Å². The Hall–Kier alpha value is -1.56. The zero-order valence-corrected chi connectivity index (χ0v) is 13.3. The Bertz CT molecular complexity index is 472. The van der Waals surface area contributed by atoms with Gasteiger partial charge < -0.3 is 15.4 Å². The van der Waals surface area contributed by atoms with Gasteiger partial charge in [-0.3, -0.25) is 4.68 Å². The molecule has 6 heteroatoms. The number of aromatic nitrogens is 2. The van der Waals surface area contributed by atoms with Crippen molar-refractivity contribution in [1.29, 1.82) is 0 Å². The van der Waals surface area contributed by atoms with Crippen molar-refractivity contribution in [2.45, 2.75) is 71.3 Å². The van der Waals surface area contributed by atoms with Crippen LogP contribution in [0, 0.1) is 0 Å². The first-order valence-corrected chi connectivity index (χ1v) is 7.60. The van der Waals surface area contributed by atoms with E-state index in [0.717, 1.165) is 25.9 Å². The second-order valence-corrected chi connectivity index (χ2v) is 6.60. The van der Waals surface area contributed by atoms with Crippen LogP contribution in [0.3, 0.4) is 0 Å². The standard InChI is InChI=1S/C15H26N4O2/c1-5-19-10-11(9-17-19)8-16-12-6-13(7-12)18-14(20)21-15(2,3)4/h9-10,12-13,16H,5-8H2,1-4H3,(H,18,20). The number of amides is 1. The molecule has 1 heterocycles. The summed E-state index contributed by atoms with van der Waals surface area (Å²) >= 11 is 0. The van der Waals surface area contributed by atoms with E-state index in [2.05, 4.69) is 28.9 Å². The summed E-state index contributed by atoms with van der Waals surface area (Å²) in [5, 5.41) is 10.6. The molecule has 0 spiro atoms. The molecule has 1 amide bonds. The van der Waals surface area contributed by atoms with Crippen molar-refractivity contribution in [2.75, 3.05) is 0 Å². The maximum Gasteiger partial charge on any atom is 0.407 e. The number of carbonyl (C=O) groups is 1. The minimum Gasteiger partial charge on any atom is -0.444 e. The summed E-state index contributed by atoms with van der Waals surface area (Å²) in [4.78, 5) is 11.6. The second-order valence-electron chi connectivity index (χ2n) is 6.60. The summed E-state index contributed by atoms with van der Waals surface area (Å²) in [5.41, 5.74) is 0.755. The zero-order valence-electron chi connectivity index (χ0n) is 13.3. The van der Waals surface area contributed by atoms with Crippen LogP contribution in [0.5, 0.6) is 0 Å². The summed E-state index contributed by atoms with van der Waals surface area (Å²) in [6, 6.07) is 0.672. The molecule has 118 valence electrons. The normalized spacial score (nSPS) is 21.7. The monoisotopic (exact) mass is 294 g/mol. The van der Waals surface area contributed by atoms with E-state index in [1.54, 1.807) is 0 Å². The third-order valence-electron chi connectivity index (χ3n) is 3.46. The smallest absolute Gasteiger partial charge is 0.407 e. The van der Waals surface area contributed by atoms with Gasteiger partial charge in [0.15, 0.2) is 0 Å². The number of hydrogen-bond acceptors (Lipinski definition) is 4. The summed E-state index contributed by atoms with van der Waals surface area (Å²) in [6.45, 7) is 9.40. The third kappa shape index (κ3) is 5.04. The van der Waals surface area contributed by atoms with Crippen LogP contribution in [0.4, 0.5) is 4.79 Å². The molecule has 0 unspecified atom stereocenters. The van der Waals surface area contributed by atoms with E-state index in [9.17, 15) is 4.79 Å². The van der Waals surface area contributed by atoms with Gasteiger partial charge in [-0.05, 0) is 40.5 Å². The van der Waals surface area contributed by atoms with Gasteiger partial charge in [-0.15, -0.1) is 0 Å². The van der Waals surface area contributed by atoms with E-state index in [-0.39, 0.29) is 12.1 Å². The zero-order chi connectivity index (χ0) is 15.5. The average molecular weight is 294 g/mol. The van der Waals surface area contributed by atoms with Crippen LogP contribution < -0.4 is 10.6 Å². The number of nitrogens with one attached hydrogen (secondary N) is 2. The van der Waals surface area contributed by atoms with Crippen LogP contribution in [0.2, 0.25) is 0 Å². The minimum atomic E-state index is -0.440. The van der Waals surface area contributed by atoms with E-state index in [1.165, 1.54) is 5.56 Å². The first-order chi connectivity index (χ1) is 9.85. The Morgan fingerprint density at radius 1 is 1.43 bits per heavy atom. The first-order valence-electron chi connectivity index (χ1n) is 7.60. The Balaban J connectivity index is 1.62. The summed E-state index contributed by atoms with van der Waals surface area (Å²) < 4.78 is 7.16. The number of rotatable bonds is 5. The number of ether oxygens (including phenoxy) is 1. The molecule has 1 fully saturated rings. The van der Waals surface area contributed by atoms with Gasteiger partial charge in [-0.25, -0.2) is 4.79 Å². The summed E-state index contributed by atoms with van der Waals surface area (Å²) in [5.74, 6) is 0. The Morgan fingerprint density at radius 2 is 2.14 bits per heavy atom. The van der Waals surface area contributed by atoms with Crippen molar-refractivity contribution < 1.29 is 9.53 Å². The maximum absolute atomic E-state index is 11.6. The molecular weight excluding hydrogens is 268 g/mol. The van der Waals surface area contributed by atoms with Crippen molar-refractivity contribution in [3.8, 4) is 0 Å². The molecule has 0 saturated heterocycles. The van der Waals surface area contributed by atoms with Crippen LogP contribution in [0.15, 0.2) is 12.4 Å². The highest BCUT2D eigenvalue weighted by molar-refractivity contribution is 5.68. The molecule has 1 saturated carbocycles. The van der Waals surface area contributed by atoms with Gasteiger partial charge in [0.2, 0.25) is 0 Å². The fourth-order valence-electron chi connectivity index (χ4n) is 2.31. The van der Waals surface area contributed by atoms with Gasteiger partial charge >= 0.3 is 6.09 Å². The molecule has 0 atom stereocenters. The molecule has 1 aliphatic carbocycles. The molecule has 0 radical (unpaired) electrons. The third-order valence-corrected chi connectivity index (χ3v) is 3.46. The topological polar surface area (TPSA) is 68.2 Å². The number of hydrogen-bond donors (Lipinski definition) is 2. The minimum absolute atomic E-state index is 0.218. The molecule has 1 aromatic rings. The second kappa shape index (κ2) is 6.47. The molecular formula is C15H26N4O2. The van der Waals surface area contributed by atoms with Crippen LogP contribution in [0.1, 0.15) is 46.1 Å². The molecule has 0 aromatic carbocycles. The highest BCUT2D eigenvalue weighted by atomic mass is 16.6. The van der Waals surface area contributed by atoms with Gasteiger partial charge in [-0.2, -0.15) is 5.10 Å². The van der Waals surface area contributed by atoms with Crippen LogP contribution in [-0.4, -0.2) is 33.6 Å². The lowest BCUT2D eigenvalue weighted by atomic mass is 9.87. The molecule has 0 bridgehead atoms. The molecule has 2 N–H and O–H groups in total. The first kappa shape index (κ1) is 15.8. The summed E-state index contributed by atoms with van der Waals surface area (Å²) in [6.07, 6.45) is 5.52. The number of carbonyl (C=O) groups excluding carboxylic acids is 1. The fraction of sp³-hybridized carbons (Fsp3) is 0.733. The quantitative estimate of drug-likeness (QED) is 0.872. The van der Waals surface area contributed by atoms with Gasteiger partial charge in [0.1, 0.15) is 5.60 Å². The van der Waals surface area contributed by atoms with Crippen LogP contribution in [0.25, 0.3) is 0 Å². The van der Waals surface area contributed by atoms with Crippen LogP contribution >= 0.6 is 0 Å². The SMILES string of the molecule is CCn1cc(CNC2CC(NC(=O)OC(C)(C)C)C2)cn1. The van der Waals surface area contributed by atoms with Gasteiger partial charge in [-0.1, -0.05) is 0 Å². The average Bonchev–Trinajstić information content (AvgIpc) is 2.77.